The number of hydrogen-bond acceptors (Lipinski definition) is 4. The third-order valence-corrected chi connectivity index (χ3v) is 6.26. The fourth-order valence-corrected chi connectivity index (χ4v) is 4.39. The summed E-state index contributed by atoms with van der Waals surface area (Å²) < 4.78 is 37.4. The molecule has 5 nitrogen and oxygen atoms in total. The molecular formula is C17H12ClFN2O3S2. The van der Waals surface area contributed by atoms with Gasteiger partial charge in [0.2, 0.25) is 0 Å². The average Bonchev–Trinajstić information content (AvgIpc) is 3.11. The lowest BCUT2D eigenvalue weighted by Crippen LogP contribution is -2.41. The molecular weight excluding hydrogens is 399 g/mol. The molecule has 0 unspecified atom stereocenters. The van der Waals surface area contributed by atoms with E-state index in [0.29, 0.717) is 4.88 Å². The van der Waals surface area contributed by atoms with Gasteiger partial charge in [0.05, 0.1) is 9.90 Å². The summed E-state index contributed by atoms with van der Waals surface area (Å²) in [5.41, 5.74) is 2.91. The van der Waals surface area contributed by atoms with E-state index in [1.54, 1.807) is 30.3 Å². The summed E-state index contributed by atoms with van der Waals surface area (Å²) in [7, 11) is -4.00. The second-order valence-electron chi connectivity index (χ2n) is 5.16. The van der Waals surface area contributed by atoms with Crippen molar-refractivity contribution in [2.24, 2.45) is 0 Å². The first-order valence-corrected chi connectivity index (χ1v) is 9.97. The lowest BCUT2D eigenvalue weighted by Gasteiger charge is -2.08. The summed E-state index contributed by atoms with van der Waals surface area (Å²) in [6.45, 7) is 0. The number of halogens is 2. The maximum Gasteiger partial charge on any atom is 0.276 e. The van der Waals surface area contributed by atoms with Crippen LogP contribution in [-0.4, -0.2) is 14.3 Å². The van der Waals surface area contributed by atoms with Gasteiger partial charge in [-0.1, -0.05) is 35.9 Å². The first kappa shape index (κ1) is 18.5. The number of carbonyl (C=O) groups is 1. The first-order chi connectivity index (χ1) is 12.4. The highest BCUT2D eigenvalue weighted by Crippen LogP contribution is 2.28. The Morgan fingerprint density at radius 1 is 1.00 bits per heavy atom. The van der Waals surface area contributed by atoms with E-state index in [-0.39, 0.29) is 15.7 Å². The molecule has 0 aliphatic carbocycles. The Hall–Kier alpha value is -2.26. The van der Waals surface area contributed by atoms with Gasteiger partial charge in [-0.3, -0.25) is 10.2 Å². The molecule has 134 valence electrons. The van der Waals surface area contributed by atoms with Crippen LogP contribution in [-0.2, 0) is 10.0 Å². The van der Waals surface area contributed by atoms with Crippen LogP contribution in [0.5, 0.6) is 0 Å². The smallest absolute Gasteiger partial charge is 0.273 e. The van der Waals surface area contributed by atoms with E-state index < -0.39 is 15.9 Å². The minimum absolute atomic E-state index is 0.0453. The van der Waals surface area contributed by atoms with Crippen LogP contribution in [0.15, 0.2) is 65.6 Å². The van der Waals surface area contributed by atoms with Crippen molar-refractivity contribution in [1.82, 2.24) is 10.3 Å². The minimum Gasteiger partial charge on any atom is -0.273 e. The molecule has 3 rings (SSSR count). The van der Waals surface area contributed by atoms with Gasteiger partial charge in [0.25, 0.3) is 15.9 Å². The number of rotatable bonds is 5. The van der Waals surface area contributed by atoms with E-state index in [0.717, 1.165) is 21.8 Å². The van der Waals surface area contributed by atoms with Crippen molar-refractivity contribution in [3.63, 3.8) is 0 Å². The van der Waals surface area contributed by atoms with Crippen LogP contribution >= 0.6 is 22.9 Å². The number of hydrogen-bond donors (Lipinski definition) is 2. The van der Waals surface area contributed by atoms with Gasteiger partial charge in [-0.2, -0.15) is 0 Å². The van der Waals surface area contributed by atoms with Crippen LogP contribution in [0.2, 0.25) is 5.02 Å². The van der Waals surface area contributed by atoms with Crippen molar-refractivity contribution < 1.29 is 17.6 Å². The topological polar surface area (TPSA) is 75.3 Å². The van der Waals surface area contributed by atoms with Crippen molar-refractivity contribution in [1.29, 1.82) is 0 Å². The summed E-state index contributed by atoms with van der Waals surface area (Å²) in [4.78, 5) is 15.1. The molecule has 26 heavy (non-hydrogen) atoms. The van der Waals surface area contributed by atoms with Crippen molar-refractivity contribution >= 4 is 38.9 Å². The maximum absolute atomic E-state index is 13.0. The monoisotopic (exact) mass is 410 g/mol. The first-order valence-electron chi connectivity index (χ1n) is 7.29. The highest BCUT2D eigenvalue weighted by Gasteiger charge is 2.19. The largest absolute Gasteiger partial charge is 0.276 e. The lowest BCUT2D eigenvalue weighted by molar-refractivity contribution is 0.0949. The van der Waals surface area contributed by atoms with Gasteiger partial charge in [-0.05, 0) is 42.0 Å². The molecule has 1 aromatic heterocycles. The Morgan fingerprint density at radius 2 is 1.69 bits per heavy atom. The van der Waals surface area contributed by atoms with Crippen molar-refractivity contribution in [2.45, 2.75) is 4.90 Å². The molecule has 3 aromatic rings. The SMILES string of the molecule is O=C(NNS(=O)(=O)c1ccccc1Cl)c1ccc(-c2ccc(F)cc2)s1. The zero-order valence-corrected chi connectivity index (χ0v) is 15.5. The molecule has 0 spiro atoms. The molecule has 2 aromatic carbocycles. The van der Waals surface area contributed by atoms with Gasteiger partial charge in [0, 0.05) is 4.88 Å². The van der Waals surface area contributed by atoms with Crippen LogP contribution in [0.25, 0.3) is 10.4 Å². The molecule has 0 bridgehead atoms. The Labute approximate surface area is 158 Å². The zero-order chi connectivity index (χ0) is 18.7. The maximum atomic E-state index is 13.0. The number of hydrazine groups is 1. The highest BCUT2D eigenvalue weighted by molar-refractivity contribution is 7.89. The number of amides is 1. The Bertz CT molecular complexity index is 1050. The van der Waals surface area contributed by atoms with Crippen molar-refractivity contribution in [3.8, 4) is 10.4 Å². The van der Waals surface area contributed by atoms with Crippen LogP contribution in [0.3, 0.4) is 0 Å². The number of carbonyl (C=O) groups excluding carboxylic acids is 1. The van der Waals surface area contributed by atoms with E-state index >= 15 is 0 Å². The third-order valence-electron chi connectivity index (χ3n) is 3.38. The average molecular weight is 411 g/mol. The molecule has 0 atom stereocenters. The normalized spacial score (nSPS) is 11.3. The Kier molecular flexibility index (Phi) is 5.38. The molecule has 0 aliphatic heterocycles. The lowest BCUT2D eigenvalue weighted by atomic mass is 10.2. The van der Waals surface area contributed by atoms with E-state index in [4.69, 9.17) is 11.6 Å². The summed E-state index contributed by atoms with van der Waals surface area (Å²) >= 11 is 7.02. The van der Waals surface area contributed by atoms with Gasteiger partial charge in [0.1, 0.15) is 10.7 Å². The summed E-state index contributed by atoms with van der Waals surface area (Å²) in [5.74, 6) is -0.962. The molecule has 1 amide bonds. The van der Waals surface area contributed by atoms with Gasteiger partial charge in [-0.15, -0.1) is 16.2 Å². The van der Waals surface area contributed by atoms with E-state index in [9.17, 15) is 17.6 Å². The van der Waals surface area contributed by atoms with Crippen LogP contribution in [0.1, 0.15) is 9.67 Å². The standard InChI is InChI=1S/C17H12ClFN2O3S2/c18-13-3-1-2-4-16(13)26(23,24)21-20-17(22)15-10-9-14(25-15)11-5-7-12(19)8-6-11/h1-10,21H,(H,20,22). The zero-order valence-electron chi connectivity index (χ0n) is 13.1. The predicted octanol–water partition coefficient (Wildman–Crippen LogP) is 3.83. The predicted molar refractivity (Wildman–Crippen MR) is 99.0 cm³/mol. The summed E-state index contributed by atoms with van der Waals surface area (Å²) in [6, 6.07) is 15.0. The summed E-state index contributed by atoms with van der Waals surface area (Å²) in [6.07, 6.45) is 0. The van der Waals surface area contributed by atoms with Gasteiger partial charge in [-0.25, -0.2) is 12.8 Å². The molecule has 1 heterocycles. The van der Waals surface area contributed by atoms with Gasteiger partial charge < -0.3 is 0 Å². The van der Waals surface area contributed by atoms with Gasteiger partial charge in [0.15, 0.2) is 0 Å². The van der Waals surface area contributed by atoms with Crippen LogP contribution in [0, 0.1) is 5.82 Å². The second-order valence-corrected chi connectivity index (χ2v) is 8.30. The Balaban J connectivity index is 1.71. The van der Waals surface area contributed by atoms with Crippen molar-refractivity contribution in [3.05, 3.63) is 76.4 Å². The van der Waals surface area contributed by atoms with Crippen molar-refractivity contribution in [2.75, 3.05) is 0 Å². The second kappa shape index (κ2) is 7.55. The van der Waals surface area contributed by atoms with Crippen LogP contribution < -0.4 is 10.3 Å². The van der Waals surface area contributed by atoms with E-state index in [1.807, 2.05) is 4.83 Å². The fourth-order valence-electron chi connectivity index (χ4n) is 2.12. The fraction of sp³-hybridized carbons (Fsp3) is 0. The van der Waals surface area contributed by atoms with E-state index in [1.165, 1.54) is 30.3 Å². The number of thiophene rings is 1. The number of benzene rings is 2. The quantitative estimate of drug-likeness (QED) is 0.627. The van der Waals surface area contributed by atoms with Gasteiger partial charge >= 0.3 is 0 Å². The molecule has 0 aliphatic rings. The van der Waals surface area contributed by atoms with Crippen LogP contribution in [0.4, 0.5) is 4.39 Å². The molecule has 9 heteroatoms. The molecule has 0 saturated heterocycles. The minimum atomic E-state index is -4.00. The molecule has 0 fully saturated rings. The molecule has 2 N–H and O–H groups in total. The highest BCUT2D eigenvalue weighted by atomic mass is 35.5. The number of nitrogens with one attached hydrogen (secondary N) is 2. The summed E-state index contributed by atoms with van der Waals surface area (Å²) in [5, 5.41) is 0.0453. The third kappa shape index (κ3) is 4.10. The molecule has 0 radical (unpaired) electrons. The molecule has 0 saturated carbocycles. The number of sulfonamides is 1. The Morgan fingerprint density at radius 3 is 2.38 bits per heavy atom. The van der Waals surface area contributed by atoms with E-state index in [2.05, 4.69) is 5.43 Å².